The number of hydrogen-bond donors (Lipinski definition) is 6. The summed E-state index contributed by atoms with van der Waals surface area (Å²) in [6.07, 6.45) is 0. The van der Waals surface area contributed by atoms with E-state index in [9.17, 15) is 45.7 Å². The first kappa shape index (κ1) is 35.2. The molecule has 2 amide bonds. The van der Waals surface area contributed by atoms with Crippen LogP contribution in [-0.2, 0) is 29.8 Å². The Morgan fingerprint density at radius 3 is 1.21 bits per heavy atom. The average molecular weight is 741 g/mol. The predicted octanol–water partition coefficient (Wildman–Crippen LogP) is 7.31. The summed E-state index contributed by atoms with van der Waals surface area (Å²) in [5.41, 5.74) is -0.332. The molecule has 16 nitrogen and oxygen atoms in total. The Hall–Kier alpha value is -6.60. The number of azo groups is 2. The summed E-state index contributed by atoms with van der Waals surface area (Å²) in [4.78, 5) is 24.2. The van der Waals surface area contributed by atoms with Crippen molar-refractivity contribution in [2.45, 2.75) is 9.79 Å². The van der Waals surface area contributed by atoms with Crippen molar-refractivity contribution >= 4 is 87.7 Å². The van der Waals surface area contributed by atoms with Crippen LogP contribution in [0.4, 0.5) is 34.1 Å². The van der Waals surface area contributed by atoms with E-state index in [0.717, 1.165) is 12.1 Å². The number of nitrogens with zero attached hydrogens (tertiary/aromatic N) is 4. The lowest BCUT2D eigenvalue weighted by molar-refractivity contribution is -0.132. The number of phenolic OH excluding ortho intramolecular Hbond substituents is 2. The highest BCUT2D eigenvalue weighted by atomic mass is 32.2. The zero-order valence-corrected chi connectivity index (χ0v) is 27.9. The molecular weight excluding hydrogens is 717 g/mol. The number of phenols is 2. The van der Waals surface area contributed by atoms with Gasteiger partial charge in [0.2, 0.25) is 0 Å². The molecule has 52 heavy (non-hydrogen) atoms. The monoisotopic (exact) mass is 740 g/mol. The lowest BCUT2D eigenvalue weighted by Crippen LogP contribution is -2.29. The minimum absolute atomic E-state index is 0.00502. The molecule has 0 aliphatic carbocycles. The fraction of sp³-hybridized carbons (Fsp3) is 0. The number of fused-ring (bicyclic) bond motifs is 2. The molecule has 0 saturated carbocycles. The third-order valence-corrected chi connectivity index (χ3v) is 9.16. The van der Waals surface area contributed by atoms with Crippen LogP contribution < -0.4 is 10.6 Å². The molecule has 6 aromatic rings. The number of amides is 2. The van der Waals surface area contributed by atoms with Crippen molar-refractivity contribution in [1.29, 1.82) is 0 Å². The van der Waals surface area contributed by atoms with Gasteiger partial charge in [0.1, 0.15) is 21.2 Å². The molecule has 0 fully saturated rings. The fourth-order valence-electron chi connectivity index (χ4n) is 5.03. The largest absolute Gasteiger partial charge is 0.505 e. The molecule has 0 aliphatic heterocycles. The van der Waals surface area contributed by atoms with Crippen molar-refractivity contribution in [2.24, 2.45) is 20.5 Å². The van der Waals surface area contributed by atoms with Crippen molar-refractivity contribution in [3.8, 4) is 11.5 Å². The van der Waals surface area contributed by atoms with Crippen LogP contribution in [0.25, 0.3) is 21.5 Å². The molecule has 262 valence electrons. The molecule has 6 N–H and O–H groups in total. The van der Waals surface area contributed by atoms with Gasteiger partial charge in [0.25, 0.3) is 20.2 Å². The third kappa shape index (κ3) is 7.59. The number of aromatic hydroxyl groups is 2. The Bertz CT molecular complexity index is 2500. The van der Waals surface area contributed by atoms with Gasteiger partial charge >= 0.3 is 11.8 Å². The van der Waals surface area contributed by atoms with Gasteiger partial charge in [0, 0.05) is 22.1 Å². The molecule has 6 aromatic carbocycles. The van der Waals surface area contributed by atoms with Crippen molar-refractivity contribution in [1.82, 2.24) is 0 Å². The topological polar surface area (TPSA) is 257 Å². The number of nitrogens with one attached hydrogen (secondary N) is 2. The van der Waals surface area contributed by atoms with Crippen LogP contribution in [0.3, 0.4) is 0 Å². The van der Waals surface area contributed by atoms with E-state index >= 15 is 0 Å². The summed E-state index contributed by atoms with van der Waals surface area (Å²) in [6.45, 7) is 0. The van der Waals surface area contributed by atoms with Crippen LogP contribution in [0.5, 0.6) is 11.5 Å². The zero-order chi connectivity index (χ0) is 37.2. The summed E-state index contributed by atoms with van der Waals surface area (Å²) in [6, 6.07) is 26.3. The second kappa shape index (κ2) is 14.0. The van der Waals surface area contributed by atoms with Gasteiger partial charge in [0.05, 0.1) is 11.4 Å². The number of benzene rings is 6. The molecule has 0 heterocycles. The van der Waals surface area contributed by atoms with E-state index in [4.69, 9.17) is 0 Å². The van der Waals surface area contributed by atoms with E-state index in [1.807, 2.05) is 0 Å². The van der Waals surface area contributed by atoms with Gasteiger partial charge in [-0.05, 0) is 83.6 Å². The minimum atomic E-state index is -4.92. The second-order valence-electron chi connectivity index (χ2n) is 10.9. The van der Waals surface area contributed by atoms with E-state index in [-0.39, 0.29) is 32.9 Å². The molecule has 6 rings (SSSR count). The molecule has 0 atom stereocenters. The van der Waals surface area contributed by atoms with E-state index in [0.29, 0.717) is 11.4 Å². The maximum atomic E-state index is 12.8. The number of carbonyl (C=O) groups is 2. The van der Waals surface area contributed by atoms with Gasteiger partial charge in [0.15, 0.2) is 11.5 Å². The van der Waals surface area contributed by atoms with E-state index < -0.39 is 64.7 Å². The highest BCUT2D eigenvalue weighted by Crippen LogP contribution is 2.43. The number of anilines is 2. The van der Waals surface area contributed by atoms with Gasteiger partial charge in [-0.3, -0.25) is 18.7 Å². The molecule has 0 saturated heterocycles. The summed E-state index contributed by atoms with van der Waals surface area (Å²) in [5.74, 6) is -3.59. The molecule has 0 aliphatic rings. The van der Waals surface area contributed by atoms with E-state index in [1.165, 1.54) is 36.4 Å². The first-order valence-corrected chi connectivity index (χ1v) is 17.7. The van der Waals surface area contributed by atoms with Gasteiger partial charge in [-0.15, -0.1) is 10.2 Å². The quantitative estimate of drug-likeness (QED) is 0.0515. The Balaban J connectivity index is 1.25. The molecule has 0 unspecified atom stereocenters. The smallest absolute Gasteiger partial charge is 0.314 e. The average Bonchev–Trinajstić information content (AvgIpc) is 3.10. The third-order valence-electron chi connectivity index (χ3n) is 7.42. The highest BCUT2D eigenvalue weighted by Gasteiger charge is 2.24. The van der Waals surface area contributed by atoms with Crippen LogP contribution in [0, 0.1) is 0 Å². The van der Waals surface area contributed by atoms with Crippen molar-refractivity contribution in [3.05, 3.63) is 109 Å². The molecule has 0 radical (unpaired) electrons. The highest BCUT2D eigenvalue weighted by molar-refractivity contribution is 7.86. The number of carbonyl (C=O) groups excluding carboxylic acids is 2. The fourth-order valence-corrected chi connectivity index (χ4v) is 6.34. The summed E-state index contributed by atoms with van der Waals surface area (Å²) in [7, 11) is -9.84. The van der Waals surface area contributed by atoms with Crippen LogP contribution in [-0.4, -0.2) is 48.0 Å². The van der Waals surface area contributed by atoms with Crippen LogP contribution in [0.1, 0.15) is 0 Å². The van der Waals surface area contributed by atoms with Crippen LogP contribution in [0.2, 0.25) is 0 Å². The lowest BCUT2D eigenvalue weighted by Gasteiger charge is -2.12. The van der Waals surface area contributed by atoms with Gasteiger partial charge in [-0.1, -0.05) is 36.4 Å². The Kier molecular flexibility index (Phi) is 9.46. The normalized spacial score (nSPS) is 12.1. The summed E-state index contributed by atoms with van der Waals surface area (Å²) < 4.78 is 68.6. The van der Waals surface area contributed by atoms with E-state index in [2.05, 4.69) is 31.1 Å². The molecule has 18 heteroatoms. The van der Waals surface area contributed by atoms with Crippen LogP contribution in [0.15, 0.2) is 139 Å². The first-order valence-electron chi connectivity index (χ1n) is 14.8. The Morgan fingerprint density at radius 2 is 0.865 bits per heavy atom. The maximum absolute atomic E-state index is 12.8. The number of rotatable bonds is 8. The van der Waals surface area contributed by atoms with Gasteiger partial charge in [-0.2, -0.15) is 27.1 Å². The maximum Gasteiger partial charge on any atom is 0.314 e. The summed E-state index contributed by atoms with van der Waals surface area (Å²) >= 11 is 0. The van der Waals surface area contributed by atoms with Crippen LogP contribution >= 0.6 is 0 Å². The molecule has 0 spiro atoms. The standard InChI is InChI=1S/C34H24N6O10S2/c41-31-25-13-11-23(15-19(25)17-27(51(45,46)47)29(31)39-37-21-7-3-1-4-8-21)35-33(43)34(44)36-24-12-14-26-20(16-24)18-28(52(48,49)50)30(32(26)42)40-38-22-9-5-2-6-10-22/h1-18,41-42H,(H,35,43)(H,36,44)(H,45,46,47)(H,48,49,50). The van der Waals surface area contributed by atoms with Crippen molar-refractivity contribution < 1.29 is 45.7 Å². The second-order valence-corrected chi connectivity index (χ2v) is 13.7. The molecule has 0 bridgehead atoms. The SMILES string of the molecule is O=C(Nc1ccc2c(O)c(N=Nc3ccccc3)c(S(=O)(=O)O)cc2c1)C(=O)Nc1ccc2c(O)c(N=Nc3ccccc3)c(S(=O)(=O)O)cc2c1. The predicted molar refractivity (Wildman–Crippen MR) is 189 cm³/mol. The minimum Gasteiger partial charge on any atom is -0.505 e. The van der Waals surface area contributed by atoms with Crippen molar-refractivity contribution in [3.63, 3.8) is 0 Å². The first-order chi connectivity index (χ1) is 24.7. The van der Waals surface area contributed by atoms with Crippen molar-refractivity contribution in [2.75, 3.05) is 10.6 Å². The Labute approximate surface area is 294 Å². The van der Waals surface area contributed by atoms with E-state index in [1.54, 1.807) is 60.7 Å². The van der Waals surface area contributed by atoms with Gasteiger partial charge in [-0.25, -0.2) is 0 Å². The number of hydrogen-bond acceptors (Lipinski definition) is 12. The zero-order valence-electron chi connectivity index (χ0n) is 26.2. The summed E-state index contributed by atoms with van der Waals surface area (Å²) in [5, 5.41) is 42.2. The lowest BCUT2D eigenvalue weighted by atomic mass is 10.1. The molecular formula is C34H24N6O10S2. The van der Waals surface area contributed by atoms with Gasteiger partial charge < -0.3 is 20.8 Å². The Morgan fingerprint density at radius 1 is 0.500 bits per heavy atom. The molecule has 0 aromatic heterocycles.